The summed E-state index contributed by atoms with van der Waals surface area (Å²) in [7, 11) is 0. The number of carbonyl (C=O) groups excluding carboxylic acids is 1. The summed E-state index contributed by atoms with van der Waals surface area (Å²) in [5, 5.41) is 11.8. The highest BCUT2D eigenvalue weighted by Crippen LogP contribution is 2.13. The van der Waals surface area contributed by atoms with Gasteiger partial charge < -0.3 is 15.2 Å². The molecule has 19 heavy (non-hydrogen) atoms. The lowest BCUT2D eigenvalue weighted by molar-refractivity contribution is -0.143. The van der Waals surface area contributed by atoms with Gasteiger partial charge in [-0.1, -0.05) is 20.8 Å². The van der Waals surface area contributed by atoms with Crippen molar-refractivity contribution in [3.8, 4) is 0 Å². The van der Waals surface area contributed by atoms with Crippen LogP contribution in [-0.2, 0) is 14.3 Å². The van der Waals surface area contributed by atoms with Crippen LogP contribution in [0.25, 0.3) is 0 Å². The van der Waals surface area contributed by atoms with Crippen molar-refractivity contribution < 1.29 is 19.4 Å². The van der Waals surface area contributed by atoms with Gasteiger partial charge in [0.15, 0.2) is 0 Å². The molecule has 1 aliphatic heterocycles. The van der Waals surface area contributed by atoms with Crippen LogP contribution in [0.15, 0.2) is 0 Å². The normalized spacial score (nSPS) is 18.9. The highest BCUT2D eigenvalue weighted by atomic mass is 16.5. The van der Waals surface area contributed by atoms with E-state index in [0.717, 1.165) is 13.1 Å². The van der Waals surface area contributed by atoms with Crippen LogP contribution >= 0.6 is 0 Å². The number of carbonyl (C=O) groups is 2. The number of amides is 1. The maximum Gasteiger partial charge on any atom is 0.326 e. The Morgan fingerprint density at radius 3 is 2.37 bits per heavy atom. The van der Waals surface area contributed by atoms with E-state index in [9.17, 15) is 9.59 Å². The van der Waals surface area contributed by atoms with Crippen molar-refractivity contribution >= 4 is 11.9 Å². The largest absolute Gasteiger partial charge is 0.480 e. The maximum absolute atomic E-state index is 11.8. The number of carboxylic acids is 1. The van der Waals surface area contributed by atoms with Crippen molar-refractivity contribution in [3.05, 3.63) is 0 Å². The van der Waals surface area contributed by atoms with Crippen LogP contribution in [0.5, 0.6) is 0 Å². The fourth-order valence-electron chi connectivity index (χ4n) is 1.77. The maximum atomic E-state index is 11.8. The van der Waals surface area contributed by atoms with Gasteiger partial charge in [0.25, 0.3) is 0 Å². The van der Waals surface area contributed by atoms with Crippen LogP contribution in [-0.4, -0.2) is 60.8 Å². The number of hydrogen-bond acceptors (Lipinski definition) is 4. The van der Waals surface area contributed by atoms with E-state index < -0.39 is 17.4 Å². The Balaban J connectivity index is 2.44. The van der Waals surface area contributed by atoms with Crippen molar-refractivity contribution in [2.45, 2.75) is 33.2 Å². The third-order valence-electron chi connectivity index (χ3n) is 3.12. The average molecular weight is 272 g/mol. The number of ether oxygens (including phenoxy) is 1. The van der Waals surface area contributed by atoms with Crippen LogP contribution in [0.3, 0.4) is 0 Å². The van der Waals surface area contributed by atoms with Gasteiger partial charge in [-0.05, 0) is 6.42 Å². The highest BCUT2D eigenvalue weighted by Gasteiger charge is 2.27. The minimum atomic E-state index is -0.981. The molecule has 1 saturated heterocycles. The van der Waals surface area contributed by atoms with E-state index in [1.165, 1.54) is 0 Å². The van der Waals surface area contributed by atoms with Gasteiger partial charge in [0.05, 0.1) is 13.2 Å². The Labute approximate surface area is 114 Å². The molecule has 1 amide bonds. The summed E-state index contributed by atoms with van der Waals surface area (Å²) in [6.07, 6.45) is 0.414. The Bertz CT molecular complexity index is 319. The highest BCUT2D eigenvalue weighted by molar-refractivity contribution is 5.86. The molecule has 0 radical (unpaired) electrons. The summed E-state index contributed by atoms with van der Waals surface area (Å²) in [6, 6.07) is -0.824. The van der Waals surface area contributed by atoms with Crippen LogP contribution in [0.2, 0.25) is 0 Å². The number of hydrogen-bond donors (Lipinski definition) is 2. The van der Waals surface area contributed by atoms with E-state index in [1.54, 1.807) is 20.8 Å². The zero-order valence-electron chi connectivity index (χ0n) is 11.9. The Hall–Kier alpha value is -1.14. The lowest BCUT2D eigenvalue weighted by Gasteiger charge is -2.28. The second-order valence-electron chi connectivity index (χ2n) is 5.86. The minimum absolute atomic E-state index is 0.234. The number of nitrogens with one attached hydrogen (secondary N) is 1. The Morgan fingerprint density at radius 1 is 1.32 bits per heavy atom. The Kier molecular flexibility index (Phi) is 5.75. The summed E-state index contributed by atoms with van der Waals surface area (Å²) in [4.78, 5) is 25.2. The van der Waals surface area contributed by atoms with Crippen molar-refractivity contribution in [3.63, 3.8) is 0 Å². The number of rotatable bonds is 5. The van der Waals surface area contributed by atoms with E-state index in [1.807, 2.05) is 0 Å². The van der Waals surface area contributed by atoms with Gasteiger partial charge in [0, 0.05) is 25.0 Å². The molecule has 1 aliphatic rings. The summed E-state index contributed by atoms with van der Waals surface area (Å²) < 4.78 is 5.24. The predicted octanol–water partition coefficient (Wildman–Crippen LogP) is 0.324. The smallest absolute Gasteiger partial charge is 0.326 e. The van der Waals surface area contributed by atoms with Crippen LogP contribution in [0.4, 0.5) is 0 Å². The van der Waals surface area contributed by atoms with Crippen molar-refractivity contribution in [1.29, 1.82) is 0 Å². The summed E-state index contributed by atoms with van der Waals surface area (Å²) in [5.74, 6) is -1.22. The van der Waals surface area contributed by atoms with E-state index >= 15 is 0 Å². The summed E-state index contributed by atoms with van der Waals surface area (Å²) in [6.45, 7) is 8.97. The third kappa shape index (κ3) is 5.57. The van der Waals surface area contributed by atoms with Crippen molar-refractivity contribution in [2.75, 3.05) is 32.8 Å². The summed E-state index contributed by atoms with van der Waals surface area (Å²) >= 11 is 0. The second kappa shape index (κ2) is 6.86. The molecule has 1 atom stereocenters. The Morgan fingerprint density at radius 2 is 1.89 bits per heavy atom. The molecule has 0 aromatic heterocycles. The monoisotopic (exact) mass is 272 g/mol. The quantitative estimate of drug-likeness (QED) is 0.754. The SMILES string of the molecule is CC(C)(C)C(=O)N[C@@H](CCN1CCOCC1)C(=O)O. The zero-order valence-corrected chi connectivity index (χ0v) is 11.9. The number of morpholine rings is 1. The first kappa shape index (κ1) is 15.9. The lowest BCUT2D eigenvalue weighted by Crippen LogP contribution is -2.48. The molecular weight excluding hydrogens is 248 g/mol. The van der Waals surface area contributed by atoms with E-state index in [2.05, 4.69) is 10.2 Å². The van der Waals surface area contributed by atoms with Crippen molar-refractivity contribution in [1.82, 2.24) is 10.2 Å². The first-order valence-electron chi connectivity index (χ1n) is 6.64. The molecule has 0 aromatic rings. The van der Waals surface area contributed by atoms with Crippen LogP contribution in [0.1, 0.15) is 27.2 Å². The molecule has 0 saturated carbocycles. The molecule has 1 fully saturated rings. The van der Waals surface area contributed by atoms with Gasteiger partial charge in [-0.2, -0.15) is 0 Å². The standard InChI is InChI=1S/C13H24N2O4/c1-13(2,3)12(18)14-10(11(16)17)4-5-15-6-8-19-9-7-15/h10H,4-9H2,1-3H3,(H,14,18)(H,16,17)/t10-/m0/s1. The molecule has 110 valence electrons. The van der Waals surface area contributed by atoms with Gasteiger partial charge in [0.1, 0.15) is 6.04 Å². The zero-order chi connectivity index (χ0) is 14.5. The predicted molar refractivity (Wildman–Crippen MR) is 70.9 cm³/mol. The van der Waals surface area contributed by atoms with Crippen LogP contribution in [0, 0.1) is 5.41 Å². The molecule has 6 nitrogen and oxygen atoms in total. The fourth-order valence-corrected chi connectivity index (χ4v) is 1.77. The molecule has 0 aliphatic carbocycles. The van der Waals surface area contributed by atoms with Gasteiger partial charge in [0.2, 0.25) is 5.91 Å². The van der Waals surface area contributed by atoms with Crippen LogP contribution < -0.4 is 5.32 Å². The van der Waals surface area contributed by atoms with E-state index in [-0.39, 0.29) is 5.91 Å². The lowest BCUT2D eigenvalue weighted by atomic mass is 9.95. The number of aliphatic carboxylic acids is 1. The minimum Gasteiger partial charge on any atom is -0.480 e. The molecule has 2 N–H and O–H groups in total. The first-order valence-corrected chi connectivity index (χ1v) is 6.64. The van der Waals surface area contributed by atoms with Gasteiger partial charge in [-0.15, -0.1) is 0 Å². The molecular formula is C13H24N2O4. The van der Waals surface area contributed by atoms with E-state index in [4.69, 9.17) is 9.84 Å². The third-order valence-corrected chi connectivity index (χ3v) is 3.12. The van der Waals surface area contributed by atoms with Gasteiger partial charge >= 0.3 is 5.97 Å². The number of nitrogens with zero attached hydrogens (tertiary/aromatic N) is 1. The molecule has 1 rings (SSSR count). The number of carboxylic acid groups (broad SMARTS) is 1. The molecule has 0 bridgehead atoms. The molecule has 0 unspecified atom stereocenters. The molecule has 0 spiro atoms. The van der Waals surface area contributed by atoms with Gasteiger partial charge in [-0.3, -0.25) is 9.69 Å². The van der Waals surface area contributed by atoms with E-state index in [0.29, 0.717) is 26.2 Å². The second-order valence-corrected chi connectivity index (χ2v) is 5.86. The molecule has 6 heteroatoms. The molecule has 1 heterocycles. The van der Waals surface area contributed by atoms with Crippen molar-refractivity contribution in [2.24, 2.45) is 5.41 Å². The van der Waals surface area contributed by atoms with Gasteiger partial charge in [-0.25, -0.2) is 4.79 Å². The first-order chi connectivity index (χ1) is 8.80. The average Bonchev–Trinajstić information content (AvgIpc) is 2.33. The topological polar surface area (TPSA) is 78.9 Å². The summed E-state index contributed by atoms with van der Waals surface area (Å²) in [5.41, 5.74) is -0.577. The fraction of sp³-hybridized carbons (Fsp3) is 0.846. The molecule has 0 aromatic carbocycles.